The number of nitriles is 1. The average molecular weight is 419 g/mol. The summed E-state index contributed by atoms with van der Waals surface area (Å²) in [5.74, 6) is -0.172. The van der Waals surface area contributed by atoms with Gasteiger partial charge in [-0.3, -0.25) is 24.6 Å². The first kappa shape index (κ1) is 21.7. The molecule has 0 unspecified atom stereocenters. The summed E-state index contributed by atoms with van der Waals surface area (Å²) in [6.07, 6.45) is 4.00. The van der Waals surface area contributed by atoms with Gasteiger partial charge in [-0.25, -0.2) is 0 Å². The predicted octanol–water partition coefficient (Wildman–Crippen LogP) is 4.64. The summed E-state index contributed by atoms with van der Waals surface area (Å²) in [6, 6.07) is 11.2. The molecule has 8 heteroatoms. The standard InChI is InChI=1S/C23H21N3O5/c1-3-4-5-12-25-22(27)19(15(2)20(14-24)23(25)28)13-18-10-11-21(31-18)16-6-8-17(9-7-16)26(29)30/h6-11,13H,3-5,12H2,1-2H3/b19-13+. The first-order valence-corrected chi connectivity index (χ1v) is 9.91. The lowest BCUT2D eigenvalue weighted by Crippen LogP contribution is -2.43. The Morgan fingerprint density at radius 1 is 1.13 bits per heavy atom. The summed E-state index contributed by atoms with van der Waals surface area (Å²) in [7, 11) is 0. The second-order valence-corrected chi connectivity index (χ2v) is 7.14. The highest BCUT2D eigenvalue weighted by atomic mass is 16.6. The summed E-state index contributed by atoms with van der Waals surface area (Å²) in [6.45, 7) is 3.85. The topological polar surface area (TPSA) is 117 Å². The molecule has 8 nitrogen and oxygen atoms in total. The molecule has 0 fully saturated rings. The summed E-state index contributed by atoms with van der Waals surface area (Å²) < 4.78 is 5.79. The monoisotopic (exact) mass is 419 g/mol. The molecule has 0 atom stereocenters. The molecule has 1 aliphatic rings. The largest absolute Gasteiger partial charge is 0.457 e. The highest BCUT2D eigenvalue weighted by molar-refractivity contribution is 6.19. The fourth-order valence-electron chi connectivity index (χ4n) is 3.33. The Kier molecular flexibility index (Phi) is 6.46. The molecule has 2 aromatic rings. The van der Waals surface area contributed by atoms with Gasteiger partial charge in [-0.05, 0) is 49.3 Å². The van der Waals surface area contributed by atoms with Crippen LogP contribution in [0.3, 0.4) is 0 Å². The van der Waals surface area contributed by atoms with E-state index in [1.807, 2.05) is 13.0 Å². The van der Waals surface area contributed by atoms with Crippen molar-refractivity contribution in [2.45, 2.75) is 33.1 Å². The molecular formula is C23H21N3O5. The van der Waals surface area contributed by atoms with Gasteiger partial charge in [0.1, 0.15) is 23.2 Å². The van der Waals surface area contributed by atoms with Crippen molar-refractivity contribution < 1.29 is 18.9 Å². The van der Waals surface area contributed by atoms with Crippen LogP contribution in [0.2, 0.25) is 0 Å². The molecule has 0 spiro atoms. The third-order valence-electron chi connectivity index (χ3n) is 5.09. The van der Waals surface area contributed by atoms with Gasteiger partial charge in [-0.15, -0.1) is 0 Å². The summed E-state index contributed by atoms with van der Waals surface area (Å²) in [5, 5.41) is 20.2. The molecule has 0 N–H and O–H groups in total. The van der Waals surface area contributed by atoms with Gasteiger partial charge in [0, 0.05) is 29.8 Å². The van der Waals surface area contributed by atoms with Gasteiger partial charge >= 0.3 is 0 Å². The lowest BCUT2D eigenvalue weighted by atomic mass is 9.94. The van der Waals surface area contributed by atoms with Crippen LogP contribution in [0.4, 0.5) is 5.69 Å². The van der Waals surface area contributed by atoms with Crippen molar-refractivity contribution in [3.05, 3.63) is 69.0 Å². The number of nitrogens with zero attached hydrogens (tertiary/aromatic N) is 3. The van der Waals surface area contributed by atoms with Crippen LogP contribution < -0.4 is 0 Å². The second-order valence-electron chi connectivity index (χ2n) is 7.14. The molecule has 1 aromatic heterocycles. The van der Waals surface area contributed by atoms with Gasteiger partial charge in [0.05, 0.1) is 4.92 Å². The van der Waals surface area contributed by atoms with E-state index in [0.717, 1.165) is 17.7 Å². The van der Waals surface area contributed by atoms with Gasteiger partial charge in [0.15, 0.2) is 0 Å². The lowest BCUT2D eigenvalue weighted by Gasteiger charge is -2.27. The highest BCUT2D eigenvalue weighted by Crippen LogP contribution is 2.30. The normalized spacial score (nSPS) is 15.5. The first-order valence-electron chi connectivity index (χ1n) is 9.91. The number of nitro groups is 1. The zero-order valence-electron chi connectivity index (χ0n) is 17.3. The second kappa shape index (κ2) is 9.22. The third kappa shape index (κ3) is 4.46. The van der Waals surface area contributed by atoms with E-state index in [9.17, 15) is 25.0 Å². The zero-order chi connectivity index (χ0) is 22.5. The fraction of sp³-hybridized carbons (Fsp3) is 0.261. The van der Waals surface area contributed by atoms with E-state index in [2.05, 4.69) is 0 Å². The number of carbonyl (C=O) groups is 2. The number of unbranched alkanes of at least 4 members (excludes halogenated alkanes) is 2. The Bertz CT molecular complexity index is 1130. The Balaban J connectivity index is 1.93. The number of hydrogen-bond acceptors (Lipinski definition) is 6. The Labute approximate surface area is 179 Å². The molecular weight excluding hydrogens is 398 g/mol. The van der Waals surface area contributed by atoms with Crippen LogP contribution in [0, 0.1) is 21.4 Å². The third-order valence-corrected chi connectivity index (χ3v) is 5.09. The minimum atomic E-state index is -0.565. The molecule has 2 amide bonds. The van der Waals surface area contributed by atoms with Crippen molar-refractivity contribution in [3.63, 3.8) is 0 Å². The van der Waals surface area contributed by atoms with Gasteiger partial charge in [-0.2, -0.15) is 5.26 Å². The SMILES string of the molecule is CCCCCN1C(=O)C(C#N)=C(C)/C(=C\c2ccc(-c3ccc([N+](=O)[O-])cc3)o2)C1=O. The lowest BCUT2D eigenvalue weighted by molar-refractivity contribution is -0.384. The van der Waals surface area contributed by atoms with Crippen LogP contribution in [0.25, 0.3) is 17.4 Å². The minimum Gasteiger partial charge on any atom is -0.457 e. The van der Waals surface area contributed by atoms with E-state index in [0.29, 0.717) is 29.1 Å². The average Bonchev–Trinajstić information content (AvgIpc) is 3.23. The first-order chi connectivity index (χ1) is 14.9. The molecule has 0 saturated carbocycles. The van der Waals surface area contributed by atoms with Crippen molar-refractivity contribution in [1.82, 2.24) is 4.90 Å². The van der Waals surface area contributed by atoms with E-state index in [1.165, 1.54) is 18.2 Å². The number of non-ortho nitro benzene ring substituents is 1. The summed E-state index contributed by atoms with van der Waals surface area (Å²) in [4.78, 5) is 37.0. The minimum absolute atomic E-state index is 0.0249. The molecule has 2 heterocycles. The van der Waals surface area contributed by atoms with Crippen LogP contribution in [-0.2, 0) is 9.59 Å². The predicted molar refractivity (Wildman–Crippen MR) is 113 cm³/mol. The number of nitro benzene ring substituents is 1. The van der Waals surface area contributed by atoms with Crippen molar-refractivity contribution in [2.75, 3.05) is 6.54 Å². The van der Waals surface area contributed by atoms with Gasteiger partial charge in [0.2, 0.25) is 0 Å². The molecule has 1 aromatic carbocycles. The fourth-order valence-corrected chi connectivity index (χ4v) is 3.33. The van der Waals surface area contributed by atoms with Crippen LogP contribution in [0.5, 0.6) is 0 Å². The smallest absolute Gasteiger partial charge is 0.271 e. The van der Waals surface area contributed by atoms with E-state index >= 15 is 0 Å². The molecule has 3 rings (SSSR count). The van der Waals surface area contributed by atoms with Gasteiger partial charge in [-0.1, -0.05) is 19.8 Å². The van der Waals surface area contributed by atoms with Crippen molar-refractivity contribution in [2.24, 2.45) is 0 Å². The van der Waals surface area contributed by atoms with E-state index in [-0.39, 0.29) is 23.4 Å². The number of amides is 2. The molecule has 0 bridgehead atoms. The Hall–Kier alpha value is -3.99. The van der Waals surface area contributed by atoms with Crippen LogP contribution in [0.1, 0.15) is 38.9 Å². The van der Waals surface area contributed by atoms with E-state index in [1.54, 1.807) is 31.2 Å². The van der Waals surface area contributed by atoms with Crippen molar-refractivity contribution >= 4 is 23.6 Å². The zero-order valence-corrected chi connectivity index (χ0v) is 17.3. The number of benzene rings is 1. The van der Waals surface area contributed by atoms with Crippen LogP contribution in [-0.4, -0.2) is 28.2 Å². The quantitative estimate of drug-likeness (QED) is 0.212. The summed E-state index contributed by atoms with van der Waals surface area (Å²) >= 11 is 0. The maximum absolute atomic E-state index is 13.0. The van der Waals surface area contributed by atoms with Crippen LogP contribution >= 0.6 is 0 Å². The van der Waals surface area contributed by atoms with Crippen molar-refractivity contribution in [1.29, 1.82) is 5.26 Å². The molecule has 31 heavy (non-hydrogen) atoms. The maximum atomic E-state index is 13.0. The summed E-state index contributed by atoms with van der Waals surface area (Å²) in [5.41, 5.74) is 1.12. The number of carbonyl (C=O) groups excluding carboxylic acids is 2. The van der Waals surface area contributed by atoms with Crippen molar-refractivity contribution in [3.8, 4) is 17.4 Å². The highest BCUT2D eigenvalue weighted by Gasteiger charge is 2.35. The van der Waals surface area contributed by atoms with Gasteiger partial charge < -0.3 is 4.42 Å². The van der Waals surface area contributed by atoms with Crippen LogP contribution in [0.15, 0.2) is 57.5 Å². The Morgan fingerprint density at radius 2 is 1.84 bits per heavy atom. The van der Waals surface area contributed by atoms with E-state index < -0.39 is 16.7 Å². The maximum Gasteiger partial charge on any atom is 0.271 e. The molecule has 0 saturated heterocycles. The number of rotatable bonds is 7. The number of furan rings is 1. The number of hydrogen-bond donors (Lipinski definition) is 0. The van der Waals surface area contributed by atoms with E-state index in [4.69, 9.17) is 4.42 Å². The molecule has 1 aliphatic heterocycles. The number of imide groups is 1. The molecule has 0 aliphatic carbocycles. The molecule has 158 valence electrons. The Morgan fingerprint density at radius 3 is 2.45 bits per heavy atom. The molecule has 0 radical (unpaired) electrons. The van der Waals surface area contributed by atoms with Gasteiger partial charge in [0.25, 0.3) is 17.5 Å².